The summed E-state index contributed by atoms with van der Waals surface area (Å²) < 4.78 is 40.3. The monoisotopic (exact) mass is 477 g/mol. The van der Waals surface area contributed by atoms with Gasteiger partial charge in [-0.05, 0) is 37.3 Å². The molecule has 1 amide bonds. The quantitative estimate of drug-likeness (QED) is 0.495. The number of hydrogen-bond donors (Lipinski definition) is 0. The summed E-state index contributed by atoms with van der Waals surface area (Å²) >= 11 is 1.36. The number of carbonyl (C=O) groups is 1. The molecule has 0 spiro atoms. The van der Waals surface area contributed by atoms with Gasteiger partial charge in [-0.25, -0.2) is 8.42 Å². The fourth-order valence-corrected chi connectivity index (χ4v) is 6.03. The predicted molar refractivity (Wildman–Crippen MR) is 125 cm³/mol. The van der Waals surface area contributed by atoms with Gasteiger partial charge in [0.15, 0.2) is 4.80 Å². The van der Waals surface area contributed by atoms with Gasteiger partial charge in [0.1, 0.15) is 17.0 Å². The normalized spacial score (nSPS) is 12.5. The molecule has 0 atom stereocenters. The number of benzene rings is 2. The zero-order chi connectivity index (χ0) is 23.5. The molecule has 1 heterocycles. The predicted octanol–water partition coefficient (Wildman–Crippen LogP) is 3.51. The maximum absolute atomic E-state index is 12.9. The molecule has 32 heavy (non-hydrogen) atoms. The lowest BCUT2D eigenvalue weighted by atomic mass is 10.2. The first-order chi connectivity index (χ1) is 15.3. The van der Waals surface area contributed by atoms with Crippen LogP contribution in [-0.4, -0.2) is 50.5 Å². The van der Waals surface area contributed by atoms with Crippen molar-refractivity contribution in [3.8, 4) is 11.5 Å². The molecule has 0 aliphatic carbocycles. The number of carbonyl (C=O) groups excluding carboxylic acids is 1. The average molecular weight is 478 g/mol. The Morgan fingerprint density at radius 2 is 1.72 bits per heavy atom. The van der Waals surface area contributed by atoms with Crippen LogP contribution in [0.4, 0.5) is 0 Å². The molecule has 8 nitrogen and oxygen atoms in total. The van der Waals surface area contributed by atoms with Gasteiger partial charge in [0.05, 0.1) is 23.8 Å². The third kappa shape index (κ3) is 4.43. The maximum atomic E-state index is 12.9. The van der Waals surface area contributed by atoms with Crippen LogP contribution in [0.5, 0.6) is 11.5 Å². The molecular formula is C22H27N3O5S2. The van der Waals surface area contributed by atoms with Gasteiger partial charge in [-0.15, -0.1) is 0 Å². The van der Waals surface area contributed by atoms with Crippen LogP contribution in [0.2, 0.25) is 0 Å². The Kier molecular flexibility index (Phi) is 7.37. The zero-order valence-electron chi connectivity index (χ0n) is 18.8. The van der Waals surface area contributed by atoms with Crippen molar-refractivity contribution in [2.24, 2.45) is 4.99 Å². The highest BCUT2D eigenvalue weighted by Gasteiger charge is 2.22. The molecule has 3 rings (SSSR count). The minimum absolute atomic E-state index is 0.153. The number of thiazole rings is 1. The third-order valence-corrected chi connectivity index (χ3v) is 8.22. The van der Waals surface area contributed by atoms with Crippen molar-refractivity contribution in [3.05, 3.63) is 46.8 Å². The number of nitrogens with zero attached hydrogens (tertiary/aromatic N) is 3. The van der Waals surface area contributed by atoms with Crippen molar-refractivity contribution < 1.29 is 22.7 Å². The number of aryl methyl sites for hydroxylation is 1. The summed E-state index contributed by atoms with van der Waals surface area (Å²) in [7, 11) is -0.412. The van der Waals surface area contributed by atoms with Crippen LogP contribution >= 0.6 is 11.3 Å². The van der Waals surface area contributed by atoms with Crippen molar-refractivity contribution in [3.63, 3.8) is 0 Å². The smallest absolute Gasteiger partial charge is 0.279 e. The Morgan fingerprint density at radius 3 is 2.25 bits per heavy atom. The van der Waals surface area contributed by atoms with Crippen LogP contribution in [0.25, 0.3) is 10.2 Å². The molecule has 0 saturated heterocycles. The van der Waals surface area contributed by atoms with Gasteiger partial charge in [-0.2, -0.15) is 9.30 Å². The molecule has 0 fully saturated rings. The standard InChI is InChI=1S/C22H27N3O5S2/c1-6-24(7-2)32(27,28)17-11-9-15(10-12-17)21(26)23-22-25(8-3)20-18(30-5)13-16(29-4)14-19(20)31-22/h9-14H,6-8H2,1-5H3. The molecule has 0 radical (unpaired) electrons. The highest BCUT2D eigenvalue weighted by atomic mass is 32.2. The zero-order valence-corrected chi connectivity index (χ0v) is 20.4. The summed E-state index contributed by atoms with van der Waals surface area (Å²) in [6, 6.07) is 9.56. The van der Waals surface area contributed by atoms with E-state index in [4.69, 9.17) is 9.47 Å². The summed E-state index contributed by atoms with van der Waals surface area (Å²) in [5.41, 5.74) is 1.15. The summed E-state index contributed by atoms with van der Waals surface area (Å²) in [5.74, 6) is 0.843. The fourth-order valence-electron chi connectivity index (χ4n) is 3.43. The summed E-state index contributed by atoms with van der Waals surface area (Å²) in [5, 5.41) is 0. The van der Waals surface area contributed by atoms with Gasteiger partial charge in [0, 0.05) is 31.3 Å². The van der Waals surface area contributed by atoms with Crippen molar-refractivity contribution in [2.45, 2.75) is 32.2 Å². The van der Waals surface area contributed by atoms with Crippen molar-refractivity contribution in [2.75, 3.05) is 27.3 Å². The lowest BCUT2D eigenvalue weighted by molar-refractivity contribution is 0.0997. The highest BCUT2D eigenvalue weighted by molar-refractivity contribution is 7.89. The van der Waals surface area contributed by atoms with E-state index in [0.717, 1.165) is 10.2 Å². The van der Waals surface area contributed by atoms with E-state index in [-0.39, 0.29) is 4.90 Å². The van der Waals surface area contributed by atoms with Crippen LogP contribution in [-0.2, 0) is 16.6 Å². The minimum atomic E-state index is -3.58. The molecule has 0 aliphatic rings. The van der Waals surface area contributed by atoms with E-state index in [1.807, 2.05) is 17.6 Å². The van der Waals surface area contributed by atoms with E-state index in [9.17, 15) is 13.2 Å². The molecule has 3 aromatic rings. The van der Waals surface area contributed by atoms with Gasteiger partial charge < -0.3 is 14.0 Å². The van der Waals surface area contributed by atoms with Crippen LogP contribution in [0.15, 0.2) is 46.3 Å². The number of amides is 1. The first-order valence-electron chi connectivity index (χ1n) is 10.2. The number of hydrogen-bond acceptors (Lipinski definition) is 6. The highest BCUT2D eigenvalue weighted by Crippen LogP contribution is 2.32. The van der Waals surface area contributed by atoms with E-state index in [2.05, 4.69) is 4.99 Å². The Morgan fingerprint density at radius 1 is 1.06 bits per heavy atom. The summed E-state index contributed by atoms with van der Waals surface area (Å²) in [6.45, 7) is 6.90. The molecule has 10 heteroatoms. The number of sulfonamides is 1. The number of fused-ring (bicyclic) bond motifs is 1. The SMILES string of the molecule is CCN(CC)S(=O)(=O)c1ccc(C(=O)N=c2sc3cc(OC)cc(OC)c3n2CC)cc1. The Labute approximate surface area is 191 Å². The molecule has 2 aromatic carbocycles. The second-order valence-corrected chi connectivity index (χ2v) is 9.78. The number of aromatic nitrogens is 1. The molecule has 0 saturated carbocycles. The summed E-state index contributed by atoms with van der Waals surface area (Å²) in [4.78, 5) is 17.8. The first kappa shape index (κ1) is 24.0. The van der Waals surface area contributed by atoms with Crippen molar-refractivity contribution >= 4 is 37.5 Å². The lowest BCUT2D eigenvalue weighted by Crippen LogP contribution is -2.30. The summed E-state index contributed by atoms with van der Waals surface area (Å²) in [6.07, 6.45) is 0. The van der Waals surface area contributed by atoms with Gasteiger partial charge in [0.25, 0.3) is 5.91 Å². The number of ether oxygens (including phenoxy) is 2. The van der Waals surface area contributed by atoms with E-state index < -0.39 is 15.9 Å². The second-order valence-electron chi connectivity index (χ2n) is 6.84. The Balaban J connectivity index is 2.03. The number of methoxy groups -OCH3 is 2. The van der Waals surface area contributed by atoms with E-state index in [1.165, 1.54) is 39.9 Å². The van der Waals surface area contributed by atoms with E-state index >= 15 is 0 Å². The van der Waals surface area contributed by atoms with Crippen LogP contribution in [0.3, 0.4) is 0 Å². The fraction of sp³-hybridized carbons (Fsp3) is 0.364. The second kappa shape index (κ2) is 9.85. The Hall–Kier alpha value is -2.69. The van der Waals surface area contributed by atoms with Crippen LogP contribution in [0.1, 0.15) is 31.1 Å². The van der Waals surface area contributed by atoms with E-state index in [1.54, 1.807) is 34.1 Å². The van der Waals surface area contributed by atoms with Gasteiger partial charge in [-0.1, -0.05) is 25.2 Å². The molecule has 0 aliphatic heterocycles. The lowest BCUT2D eigenvalue weighted by Gasteiger charge is -2.18. The average Bonchev–Trinajstić information content (AvgIpc) is 3.15. The minimum Gasteiger partial charge on any atom is -0.497 e. The third-order valence-electron chi connectivity index (χ3n) is 5.13. The molecule has 0 unspecified atom stereocenters. The van der Waals surface area contributed by atoms with Gasteiger partial charge in [0.2, 0.25) is 10.0 Å². The topological polar surface area (TPSA) is 90.2 Å². The molecule has 172 valence electrons. The van der Waals surface area contributed by atoms with Crippen molar-refractivity contribution in [1.29, 1.82) is 0 Å². The largest absolute Gasteiger partial charge is 0.497 e. The van der Waals surface area contributed by atoms with Crippen LogP contribution in [0, 0.1) is 0 Å². The molecule has 0 N–H and O–H groups in total. The van der Waals surface area contributed by atoms with Crippen molar-refractivity contribution in [1.82, 2.24) is 8.87 Å². The first-order valence-corrected chi connectivity index (χ1v) is 12.5. The molecule has 0 bridgehead atoms. The maximum Gasteiger partial charge on any atom is 0.279 e. The van der Waals surface area contributed by atoms with Gasteiger partial charge in [-0.3, -0.25) is 4.79 Å². The Bertz CT molecular complexity index is 1290. The molecule has 1 aromatic heterocycles. The number of rotatable bonds is 8. The van der Waals surface area contributed by atoms with E-state index in [0.29, 0.717) is 41.5 Å². The molecular weight excluding hydrogens is 450 g/mol. The van der Waals surface area contributed by atoms with Gasteiger partial charge >= 0.3 is 0 Å². The van der Waals surface area contributed by atoms with Crippen LogP contribution < -0.4 is 14.3 Å².